The van der Waals surface area contributed by atoms with Gasteiger partial charge in [-0.25, -0.2) is 0 Å². The summed E-state index contributed by atoms with van der Waals surface area (Å²) in [6.45, 7) is 4.26. The van der Waals surface area contributed by atoms with Crippen LogP contribution in [0, 0.1) is 28.6 Å². The number of hydrogen-bond acceptors (Lipinski definition) is 4. The molecular formula is C19H28O4. The van der Waals surface area contributed by atoms with Gasteiger partial charge in [-0.1, -0.05) is 25.5 Å². The van der Waals surface area contributed by atoms with E-state index in [1.807, 2.05) is 13.0 Å². The van der Waals surface area contributed by atoms with Crippen LogP contribution < -0.4 is 0 Å². The smallest absolute Gasteiger partial charge is 0.141 e. The molecule has 128 valence electrons. The maximum absolute atomic E-state index is 12.4. The van der Waals surface area contributed by atoms with Crippen molar-refractivity contribution in [3.63, 3.8) is 0 Å². The largest absolute Gasteiger partial charge is 0.393 e. The van der Waals surface area contributed by atoms with Crippen molar-refractivity contribution >= 4 is 5.78 Å². The van der Waals surface area contributed by atoms with Crippen molar-refractivity contribution in [1.29, 1.82) is 0 Å². The molecule has 0 amide bonds. The third kappa shape index (κ3) is 1.98. The Balaban J connectivity index is 1.77. The zero-order chi connectivity index (χ0) is 16.6. The van der Waals surface area contributed by atoms with Gasteiger partial charge < -0.3 is 15.3 Å². The van der Waals surface area contributed by atoms with Gasteiger partial charge in [0, 0.05) is 17.8 Å². The highest BCUT2D eigenvalue weighted by molar-refractivity contribution is 5.88. The molecule has 0 saturated heterocycles. The van der Waals surface area contributed by atoms with Gasteiger partial charge in [-0.15, -0.1) is 0 Å². The summed E-state index contributed by atoms with van der Waals surface area (Å²) >= 11 is 0. The summed E-state index contributed by atoms with van der Waals surface area (Å²) in [4.78, 5) is 12.4. The molecule has 0 bridgehead atoms. The number of hydrogen-bond donors (Lipinski definition) is 3. The van der Waals surface area contributed by atoms with E-state index in [4.69, 9.17) is 0 Å². The van der Waals surface area contributed by atoms with Gasteiger partial charge in [0.25, 0.3) is 0 Å². The number of carbonyl (C=O) groups is 1. The molecule has 23 heavy (non-hydrogen) atoms. The predicted molar refractivity (Wildman–Crippen MR) is 85.5 cm³/mol. The average Bonchev–Trinajstić information content (AvgIpc) is 2.71. The Labute approximate surface area is 137 Å². The quantitative estimate of drug-likeness (QED) is 0.595. The number of aliphatic hydroxyl groups excluding tert-OH is 3. The lowest BCUT2D eigenvalue weighted by Crippen LogP contribution is -2.56. The molecule has 0 unspecified atom stereocenters. The van der Waals surface area contributed by atoms with Crippen LogP contribution in [0.2, 0.25) is 0 Å². The molecule has 8 atom stereocenters. The summed E-state index contributed by atoms with van der Waals surface area (Å²) in [6.07, 6.45) is 4.77. The monoisotopic (exact) mass is 320 g/mol. The second-order valence-electron chi connectivity index (χ2n) is 8.86. The number of rotatable bonds is 0. The normalized spacial score (nSPS) is 55.7. The van der Waals surface area contributed by atoms with Gasteiger partial charge >= 0.3 is 0 Å². The molecule has 0 aliphatic heterocycles. The standard InChI is InChI=1S/C19H28O4/c1-18-5-3-11(20)7-10(18)8-13(21)16-12(18)4-6-19(2)15(23)9-14(22)17(16)19/h8,11-14,16-17,20-22H,3-7,9H2,1-2H3/t11-,12-,13+,14-,16-,17-,18-,19+/m1/s1. The average molecular weight is 320 g/mol. The van der Waals surface area contributed by atoms with Crippen LogP contribution >= 0.6 is 0 Å². The maximum Gasteiger partial charge on any atom is 0.141 e. The summed E-state index contributed by atoms with van der Waals surface area (Å²) < 4.78 is 0. The lowest BCUT2D eigenvalue weighted by molar-refractivity contribution is -0.138. The van der Waals surface area contributed by atoms with E-state index in [0.29, 0.717) is 12.3 Å². The first-order valence-electron chi connectivity index (χ1n) is 9.06. The SMILES string of the molecule is C[C@@]12CC[C@@H]3[C@@H]([C@H]1[C@H](O)CC2=O)[C@@H](O)C=C1C[C@H](O)CC[C@]13C. The second-order valence-corrected chi connectivity index (χ2v) is 8.86. The summed E-state index contributed by atoms with van der Waals surface area (Å²) in [5, 5.41) is 31.4. The van der Waals surface area contributed by atoms with E-state index in [9.17, 15) is 20.1 Å². The first-order chi connectivity index (χ1) is 10.8. The van der Waals surface area contributed by atoms with Crippen molar-refractivity contribution in [2.24, 2.45) is 28.6 Å². The van der Waals surface area contributed by atoms with Gasteiger partial charge in [-0.2, -0.15) is 0 Å². The van der Waals surface area contributed by atoms with Crippen LogP contribution in [0.5, 0.6) is 0 Å². The topological polar surface area (TPSA) is 77.8 Å². The minimum absolute atomic E-state index is 0.00415. The molecule has 4 heteroatoms. The molecule has 0 aromatic carbocycles. The zero-order valence-corrected chi connectivity index (χ0v) is 14.0. The second kappa shape index (κ2) is 4.90. The molecule has 0 radical (unpaired) electrons. The van der Waals surface area contributed by atoms with Crippen molar-refractivity contribution in [3.05, 3.63) is 11.6 Å². The zero-order valence-electron chi connectivity index (χ0n) is 14.0. The number of Topliss-reactive ketones (excluding diaryl/α,β-unsaturated/α-hetero) is 1. The fourth-order valence-corrected chi connectivity index (χ4v) is 6.46. The summed E-state index contributed by atoms with van der Waals surface area (Å²) in [5.74, 6) is 0.285. The summed E-state index contributed by atoms with van der Waals surface area (Å²) in [7, 11) is 0. The fraction of sp³-hybridized carbons (Fsp3) is 0.842. The first kappa shape index (κ1) is 15.8. The van der Waals surface area contributed by atoms with Crippen LogP contribution in [0.1, 0.15) is 52.4 Å². The number of aliphatic hydroxyl groups is 3. The molecule has 0 aromatic heterocycles. The molecule has 4 aliphatic rings. The highest BCUT2D eigenvalue weighted by atomic mass is 16.3. The third-order valence-electron chi connectivity index (χ3n) is 7.81. The lowest BCUT2D eigenvalue weighted by atomic mass is 9.47. The molecule has 4 rings (SSSR count). The highest BCUT2D eigenvalue weighted by Gasteiger charge is 2.63. The lowest BCUT2D eigenvalue weighted by Gasteiger charge is -2.58. The van der Waals surface area contributed by atoms with E-state index in [0.717, 1.165) is 25.7 Å². The molecule has 4 nitrogen and oxygen atoms in total. The van der Waals surface area contributed by atoms with Gasteiger partial charge in [-0.05, 0) is 49.4 Å². The van der Waals surface area contributed by atoms with Crippen molar-refractivity contribution < 1.29 is 20.1 Å². The van der Waals surface area contributed by atoms with Gasteiger partial charge in [0.05, 0.1) is 18.3 Å². The number of fused-ring (bicyclic) bond motifs is 5. The Bertz CT molecular complexity index is 570. The minimum Gasteiger partial charge on any atom is -0.393 e. The molecular weight excluding hydrogens is 292 g/mol. The molecule has 4 aliphatic carbocycles. The molecule has 3 N–H and O–H groups in total. The van der Waals surface area contributed by atoms with Crippen molar-refractivity contribution in [1.82, 2.24) is 0 Å². The number of ketones is 1. The predicted octanol–water partition coefficient (Wildman–Crippen LogP) is 1.82. The van der Waals surface area contributed by atoms with Crippen LogP contribution in [0.25, 0.3) is 0 Å². The Morgan fingerprint density at radius 3 is 2.48 bits per heavy atom. The van der Waals surface area contributed by atoms with Crippen molar-refractivity contribution in [2.45, 2.75) is 70.7 Å². The number of carbonyl (C=O) groups excluding carboxylic acids is 1. The van der Waals surface area contributed by atoms with Gasteiger partial charge in [0.15, 0.2) is 0 Å². The highest BCUT2D eigenvalue weighted by Crippen LogP contribution is 2.63. The van der Waals surface area contributed by atoms with Crippen LogP contribution in [0.4, 0.5) is 0 Å². The van der Waals surface area contributed by atoms with E-state index in [-0.39, 0.29) is 35.6 Å². The molecule has 0 heterocycles. The van der Waals surface area contributed by atoms with E-state index in [1.54, 1.807) is 0 Å². The van der Waals surface area contributed by atoms with Gasteiger partial charge in [0.1, 0.15) is 5.78 Å². The van der Waals surface area contributed by atoms with Gasteiger partial charge in [0.2, 0.25) is 0 Å². The van der Waals surface area contributed by atoms with E-state index in [1.165, 1.54) is 5.57 Å². The Hall–Kier alpha value is -0.710. The maximum atomic E-state index is 12.4. The molecule has 0 aromatic rings. The van der Waals surface area contributed by atoms with Gasteiger partial charge in [-0.3, -0.25) is 4.79 Å². The Kier molecular flexibility index (Phi) is 3.37. The van der Waals surface area contributed by atoms with Crippen molar-refractivity contribution in [3.8, 4) is 0 Å². The Morgan fingerprint density at radius 2 is 1.74 bits per heavy atom. The first-order valence-corrected chi connectivity index (χ1v) is 9.06. The van der Waals surface area contributed by atoms with Crippen LogP contribution in [-0.4, -0.2) is 39.4 Å². The third-order valence-corrected chi connectivity index (χ3v) is 7.81. The van der Waals surface area contributed by atoms with E-state index in [2.05, 4.69) is 6.92 Å². The minimum atomic E-state index is -0.623. The Morgan fingerprint density at radius 1 is 1.04 bits per heavy atom. The van der Waals surface area contributed by atoms with E-state index >= 15 is 0 Å². The van der Waals surface area contributed by atoms with Crippen LogP contribution in [0.3, 0.4) is 0 Å². The molecule has 3 saturated carbocycles. The summed E-state index contributed by atoms with van der Waals surface area (Å²) in [5.41, 5.74) is 0.709. The fourth-order valence-electron chi connectivity index (χ4n) is 6.46. The summed E-state index contributed by atoms with van der Waals surface area (Å²) in [6, 6.07) is 0. The van der Waals surface area contributed by atoms with Crippen molar-refractivity contribution in [2.75, 3.05) is 0 Å². The van der Waals surface area contributed by atoms with Crippen LogP contribution in [0.15, 0.2) is 11.6 Å². The van der Waals surface area contributed by atoms with E-state index < -0.39 is 17.6 Å². The van der Waals surface area contributed by atoms with Crippen LogP contribution in [-0.2, 0) is 4.79 Å². The molecule has 0 spiro atoms. The molecule has 3 fully saturated rings.